The molecule has 4 heteroatoms. The fraction of sp³-hybridized carbons (Fsp3) is 0.667. The van der Waals surface area contributed by atoms with Gasteiger partial charge in [0.25, 0.3) is 0 Å². The van der Waals surface area contributed by atoms with Crippen LogP contribution in [0.1, 0.15) is 41.5 Å². The van der Waals surface area contributed by atoms with Crippen LogP contribution in [0.25, 0.3) is 0 Å². The Balaban J connectivity index is 4.33. The molecule has 0 rings (SSSR count). The predicted molar refractivity (Wildman–Crippen MR) is 78.2 cm³/mol. The van der Waals surface area contributed by atoms with Gasteiger partial charge in [0, 0.05) is 0 Å². The highest BCUT2D eigenvalue weighted by Gasteiger charge is 2.21. The number of hydrogen-bond donors (Lipinski definition) is 1. The SMILES string of the molecule is C=C[C@@H](NC(=O)OC(C)(C)C)[C@@H](C)OC/C(C)=C/C. The molecule has 1 N–H and O–H groups in total. The highest BCUT2D eigenvalue weighted by molar-refractivity contribution is 5.68. The highest BCUT2D eigenvalue weighted by atomic mass is 16.6. The van der Waals surface area contributed by atoms with Crippen molar-refractivity contribution in [3.05, 3.63) is 24.3 Å². The topological polar surface area (TPSA) is 47.6 Å². The van der Waals surface area contributed by atoms with Gasteiger partial charge in [-0.25, -0.2) is 4.79 Å². The van der Waals surface area contributed by atoms with Gasteiger partial charge in [0.2, 0.25) is 0 Å². The van der Waals surface area contributed by atoms with E-state index in [0.717, 1.165) is 5.57 Å². The zero-order valence-electron chi connectivity index (χ0n) is 12.9. The van der Waals surface area contributed by atoms with Gasteiger partial charge in [-0.2, -0.15) is 0 Å². The van der Waals surface area contributed by atoms with Crippen molar-refractivity contribution in [3.8, 4) is 0 Å². The minimum absolute atomic E-state index is 0.167. The fourth-order valence-electron chi connectivity index (χ4n) is 1.26. The minimum Gasteiger partial charge on any atom is -0.444 e. The molecule has 0 bridgehead atoms. The molecular weight excluding hydrogens is 242 g/mol. The van der Waals surface area contributed by atoms with Gasteiger partial charge >= 0.3 is 6.09 Å². The number of amides is 1. The van der Waals surface area contributed by atoms with E-state index in [1.54, 1.807) is 6.08 Å². The second-order valence-corrected chi connectivity index (χ2v) is 5.56. The molecule has 0 saturated carbocycles. The van der Waals surface area contributed by atoms with Gasteiger partial charge in [0.05, 0.1) is 18.8 Å². The monoisotopic (exact) mass is 269 g/mol. The van der Waals surface area contributed by atoms with Crippen molar-refractivity contribution >= 4 is 6.09 Å². The smallest absolute Gasteiger partial charge is 0.408 e. The Bertz CT molecular complexity index is 329. The lowest BCUT2D eigenvalue weighted by molar-refractivity contribution is 0.0357. The van der Waals surface area contributed by atoms with Crippen molar-refractivity contribution in [2.24, 2.45) is 0 Å². The van der Waals surface area contributed by atoms with Crippen molar-refractivity contribution in [3.63, 3.8) is 0 Å². The van der Waals surface area contributed by atoms with Gasteiger partial charge in [0.15, 0.2) is 0 Å². The lowest BCUT2D eigenvalue weighted by atomic mass is 10.2. The Morgan fingerprint density at radius 3 is 2.42 bits per heavy atom. The van der Waals surface area contributed by atoms with Crippen LogP contribution in [0.5, 0.6) is 0 Å². The van der Waals surface area contributed by atoms with Gasteiger partial charge in [-0.15, -0.1) is 6.58 Å². The van der Waals surface area contributed by atoms with Crippen molar-refractivity contribution in [2.45, 2.75) is 59.3 Å². The number of carbonyl (C=O) groups excluding carboxylic acids is 1. The molecule has 19 heavy (non-hydrogen) atoms. The predicted octanol–water partition coefficient (Wildman–Crippen LogP) is 3.44. The number of carbonyl (C=O) groups is 1. The summed E-state index contributed by atoms with van der Waals surface area (Å²) in [6.45, 7) is 15.6. The van der Waals surface area contributed by atoms with Crippen molar-refractivity contribution in [1.29, 1.82) is 0 Å². The number of hydrogen-bond acceptors (Lipinski definition) is 3. The van der Waals surface area contributed by atoms with E-state index in [0.29, 0.717) is 6.61 Å². The summed E-state index contributed by atoms with van der Waals surface area (Å²) in [5.74, 6) is 0. The number of nitrogens with one attached hydrogen (secondary N) is 1. The third-order valence-corrected chi connectivity index (χ3v) is 2.51. The van der Waals surface area contributed by atoms with E-state index in [9.17, 15) is 4.79 Å². The molecule has 0 heterocycles. The van der Waals surface area contributed by atoms with E-state index in [2.05, 4.69) is 11.9 Å². The van der Waals surface area contributed by atoms with E-state index in [4.69, 9.17) is 9.47 Å². The van der Waals surface area contributed by atoms with E-state index in [-0.39, 0.29) is 12.1 Å². The molecule has 4 nitrogen and oxygen atoms in total. The normalized spacial score (nSPS) is 15.6. The van der Waals surface area contributed by atoms with Crippen LogP contribution in [-0.2, 0) is 9.47 Å². The molecular formula is C15H27NO3. The average Bonchev–Trinajstić information content (AvgIpc) is 2.30. The summed E-state index contributed by atoms with van der Waals surface area (Å²) in [6, 6.07) is -0.278. The summed E-state index contributed by atoms with van der Waals surface area (Å²) in [6.07, 6.45) is 3.02. The van der Waals surface area contributed by atoms with Crippen LogP contribution in [0.2, 0.25) is 0 Å². The second kappa shape index (κ2) is 8.00. The molecule has 0 saturated heterocycles. The van der Waals surface area contributed by atoms with Crippen LogP contribution in [0, 0.1) is 0 Å². The zero-order valence-corrected chi connectivity index (χ0v) is 12.9. The molecule has 0 aromatic rings. The van der Waals surface area contributed by atoms with Gasteiger partial charge < -0.3 is 14.8 Å². The molecule has 2 atom stereocenters. The van der Waals surface area contributed by atoms with Crippen molar-refractivity contribution < 1.29 is 14.3 Å². The number of ether oxygens (including phenoxy) is 2. The van der Waals surface area contributed by atoms with E-state index < -0.39 is 11.7 Å². The first-order valence-electron chi connectivity index (χ1n) is 6.55. The van der Waals surface area contributed by atoms with Crippen LogP contribution in [0.4, 0.5) is 4.79 Å². The molecule has 0 aromatic heterocycles. The molecule has 0 aliphatic heterocycles. The second-order valence-electron chi connectivity index (χ2n) is 5.56. The standard InChI is InChI=1S/C15H27NO3/c1-8-11(3)10-18-12(4)13(9-2)16-14(17)19-15(5,6)7/h8-9,12-13H,2,10H2,1,3-7H3,(H,16,17)/b11-8+/t12-,13-/m1/s1. The zero-order chi connectivity index (χ0) is 15.1. The average molecular weight is 269 g/mol. The molecule has 0 aliphatic rings. The van der Waals surface area contributed by atoms with Gasteiger partial charge in [0.1, 0.15) is 5.60 Å². The first-order chi connectivity index (χ1) is 8.69. The molecule has 110 valence electrons. The number of alkyl carbamates (subject to hydrolysis) is 1. The van der Waals surface area contributed by atoms with E-state index >= 15 is 0 Å². The Morgan fingerprint density at radius 2 is 2.00 bits per heavy atom. The van der Waals surface area contributed by atoms with E-state index in [1.165, 1.54) is 0 Å². The Hall–Kier alpha value is -1.29. The molecule has 0 aromatic carbocycles. The van der Waals surface area contributed by atoms with Crippen LogP contribution in [0.3, 0.4) is 0 Å². The summed E-state index contributed by atoms with van der Waals surface area (Å²) >= 11 is 0. The lowest BCUT2D eigenvalue weighted by Gasteiger charge is -2.25. The summed E-state index contributed by atoms with van der Waals surface area (Å²) in [5, 5.41) is 2.74. The molecule has 0 unspecified atom stereocenters. The number of allylic oxidation sites excluding steroid dienone is 1. The third kappa shape index (κ3) is 8.43. The van der Waals surface area contributed by atoms with Gasteiger partial charge in [-0.05, 0) is 41.5 Å². The highest BCUT2D eigenvalue weighted by Crippen LogP contribution is 2.09. The molecule has 0 fully saturated rings. The van der Waals surface area contributed by atoms with Crippen LogP contribution in [0.15, 0.2) is 24.3 Å². The molecule has 0 aliphatic carbocycles. The van der Waals surface area contributed by atoms with Crippen molar-refractivity contribution in [2.75, 3.05) is 6.61 Å². The third-order valence-electron chi connectivity index (χ3n) is 2.51. The van der Waals surface area contributed by atoms with E-state index in [1.807, 2.05) is 47.6 Å². The Kier molecular flexibility index (Phi) is 7.45. The maximum Gasteiger partial charge on any atom is 0.408 e. The maximum absolute atomic E-state index is 11.7. The summed E-state index contributed by atoms with van der Waals surface area (Å²) in [4.78, 5) is 11.7. The quantitative estimate of drug-likeness (QED) is 0.751. The molecule has 0 radical (unpaired) electrons. The first-order valence-corrected chi connectivity index (χ1v) is 6.55. The summed E-state index contributed by atoms with van der Waals surface area (Å²) in [5.41, 5.74) is 0.633. The minimum atomic E-state index is -0.512. The Morgan fingerprint density at radius 1 is 1.42 bits per heavy atom. The fourth-order valence-corrected chi connectivity index (χ4v) is 1.26. The molecule has 0 spiro atoms. The Labute approximate surface area is 116 Å². The summed E-state index contributed by atoms with van der Waals surface area (Å²) < 4.78 is 10.9. The first kappa shape index (κ1) is 17.7. The maximum atomic E-state index is 11.7. The molecule has 1 amide bonds. The number of rotatable bonds is 6. The largest absolute Gasteiger partial charge is 0.444 e. The van der Waals surface area contributed by atoms with Crippen LogP contribution < -0.4 is 5.32 Å². The van der Waals surface area contributed by atoms with Gasteiger partial charge in [-0.3, -0.25) is 0 Å². The van der Waals surface area contributed by atoms with Crippen LogP contribution >= 0.6 is 0 Å². The van der Waals surface area contributed by atoms with Crippen molar-refractivity contribution in [1.82, 2.24) is 5.32 Å². The summed E-state index contributed by atoms with van der Waals surface area (Å²) in [7, 11) is 0. The van der Waals surface area contributed by atoms with Crippen LogP contribution in [-0.4, -0.2) is 30.4 Å². The van der Waals surface area contributed by atoms with Gasteiger partial charge in [-0.1, -0.05) is 17.7 Å². The lowest BCUT2D eigenvalue weighted by Crippen LogP contribution is -2.44.